The number of methoxy groups -OCH3 is 2. The monoisotopic (exact) mass is 790 g/mol. The van der Waals surface area contributed by atoms with Crippen molar-refractivity contribution in [2.45, 2.75) is 69.9 Å². The van der Waals surface area contributed by atoms with Gasteiger partial charge < -0.3 is 39.6 Å². The number of nitrogens with zero attached hydrogens (tertiary/aromatic N) is 3. The van der Waals surface area contributed by atoms with Gasteiger partial charge in [-0.2, -0.15) is 5.26 Å². The summed E-state index contributed by atoms with van der Waals surface area (Å²) in [7, 11) is 5.29. The van der Waals surface area contributed by atoms with E-state index in [9.17, 15) is 14.9 Å². The van der Waals surface area contributed by atoms with Gasteiger partial charge in [0, 0.05) is 46.6 Å². The number of nitrogens with one attached hydrogen (secondary N) is 3. The Labute approximate surface area is 341 Å². The Bertz CT molecular complexity index is 2100. The second-order valence-electron chi connectivity index (χ2n) is 14.8. The van der Waals surface area contributed by atoms with E-state index in [-0.39, 0.29) is 44.5 Å². The maximum Gasteiger partial charge on any atom is 0.319 e. The number of rotatable bonds is 16. The van der Waals surface area contributed by atoms with Crippen LogP contribution in [0.2, 0.25) is 0 Å². The molecule has 3 N–H and O–H groups in total. The second-order valence-corrected chi connectivity index (χ2v) is 14.8. The van der Waals surface area contributed by atoms with Crippen LogP contribution < -0.4 is 39.6 Å². The van der Waals surface area contributed by atoms with Crippen LogP contribution in [-0.4, -0.2) is 93.5 Å². The van der Waals surface area contributed by atoms with Gasteiger partial charge in [-0.3, -0.25) is 14.6 Å². The minimum Gasteiger partial charge on any atom is -0.493 e. The topological polar surface area (TPSA) is 147 Å². The first-order chi connectivity index (χ1) is 28.0. The van der Waals surface area contributed by atoms with Crippen LogP contribution in [0, 0.1) is 25.2 Å². The van der Waals surface area contributed by atoms with Gasteiger partial charge in [-0.05, 0) is 63.9 Å². The van der Waals surface area contributed by atoms with Crippen LogP contribution in [0.3, 0.4) is 0 Å². The number of urea groups is 1. The molecule has 3 aliphatic rings. The molecule has 58 heavy (non-hydrogen) atoms. The molecule has 3 heterocycles. The van der Waals surface area contributed by atoms with Crippen molar-refractivity contribution >= 4 is 17.6 Å². The van der Waals surface area contributed by atoms with Gasteiger partial charge in [-0.25, -0.2) is 4.79 Å². The molecule has 0 radical (unpaired) electrons. The highest BCUT2D eigenvalue weighted by Crippen LogP contribution is 2.58. The van der Waals surface area contributed by atoms with Crippen LogP contribution in [0.25, 0.3) is 0 Å². The number of benzene rings is 3. The summed E-state index contributed by atoms with van der Waals surface area (Å²) in [4.78, 5) is 31.3. The molecule has 6 rings (SSSR count). The molecule has 1 unspecified atom stereocenters. The molecule has 6 atom stereocenters. The summed E-state index contributed by atoms with van der Waals surface area (Å²) in [6.45, 7) is 18.0. The molecular weight excluding hydrogens is 737 g/mol. The fraction of sp³-hybridized carbons (Fsp3) is 0.400. The maximum absolute atomic E-state index is 13.9. The molecule has 13 nitrogen and oxygen atoms in total. The van der Waals surface area contributed by atoms with Gasteiger partial charge in [-0.1, -0.05) is 62.2 Å². The summed E-state index contributed by atoms with van der Waals surface area (Å²) in [5, 5.41) is 19.8. The van der Waals surface area contributed by atoms with Crippen LogP contribution in [0.4, 0.5) is 10.5 Å². The van der Waals surface area contributed by atoms with Gasteiger partial charge in [-0.15, -0.1) is 0 Å². The fourth-order valence-electron chi connectivity index (χ4n) is 9.00. The molecule has 13 heteroatoms. The molecule has 1 fully saturated rings. The van der Waals surface area contributed by atoms with Crippen LogP contribution in [0.15, 0.2) is 74.4 Å². The molecule has 2 bridgehead atoms. The highest BCUT2D eigenvalue weighted by atomic mass is 16.5. The van der Waals surface area contributed by atoms with E-state index in [0.29, 0.717) is 47.3 Å². The first kappa shape index (κ1) is 41.7. The number of hydrogen-bond donors (Lipinski definition) is 3. The van der Waals surface area contributed by atoms with Gasteiger partial charge in [0.2, 0.25) is 5.91 Å². The molecule has 0 aliphatic carbocycles. The summed E-state index contributed by atoms with van der Waals surface area (Å²) in [5.74, 6) is 2.48. The first-order valence-electron chi connectivity index (χ1n) is 19.5. The molecule has 1 saturated heterocycles. The summed E-state index contributed by atoms with van der Waals surface area (Å²) >= 11 is 0. The average Bonchev–Trinajstić information content (AvgIpc) is 3.21. The Morgan fingerprint density at radius 2 is 1.52 bits per heavy atom. The third kappa shape index (κ3) is 7.69. The van der Waals surface area contributed by atoms with E-state index >= 15 is 0 Å². The number of para-hydroxylation sites is 1. The third-order valence-electron chi connectivity index (χ3n) is 11.3. The highest BCUT2D eigenvalue weighted by molar-refractivity contribution is 5.93. The molecule has 306 valence electrons. The van der Waals surface area contributed by atoms with Crippen molar-refractivity contribution in [1.82, 2.24) is 20.4 Å². The zero-order valence-corrected chi connectivity index (χ0v) is 34.2. The number of amides is 3. The first-order valence-corrected chi connectivity index (χ1v) is 19.5. The lowest BCUT2D eigenvalue weighted by atomic mass is 9.71. The number of hydrogen-bond acceptors (Lipinski definition) is 10. The molecule has 0 aromatic heterocycles. The Morgan fingerprint density at radius 3 is 2.12 bits per heavy atom. The lowest BCUT2D eigenvalue weighted by Crippen LogP contribution is -2.69. The maximum atomic E-state index is 13.9. The molecule has 3 aliphatic heterocycles. The Balaban J connectivity index is 1.51. The van der Waals surface area contributed by atoms with E-state index in [1.165, 1.54) is 0 Å². The normalized spacial score (nSPS) is 21.0. The van der Waals surface area contributed by atoms with Crippen molar-refractivity contribution in [3.8, 4) is 34.8 Å². The molecule has 0 spiro atoms. The average molecular weight is 791 g/mol. The van der Waals surface area contributed by atoms with E-state index in [4.69, 9.17) is 23.7 Å². The van der Waals surface area contributed by atoms with Gasteiger partial charge >= 0.3 is 6.03 Å². The number of fused-ring (bicyclic) bond motifs is 7. The summed E-state index contributed by atoms with van der Waals surface area (Å²) in [6, 6.07) is 10.4. The number of nitriles is 1. The van der Waals surface area contributed by atoms with Gasteiger partial charge in [0.15, 0.2) is 23.0 Å². The van der Waals surface area contributed by atoms with Crippen molar-refractivity contribution in [2.75, 3.05) is 52.9 Å². The molecular formula is C45H54N6O7. The number of carbonyl (C=O) groups excluding carboxylic acids is 2. The molecule has 3 aromatic carbocycles. The SMILES string of the molecule is C=CCOc1c(C)c(OC)c(OCC=C)c2c1CC1[C@H]3c4c(cc(C)c(OC)c4OCC=C)C[C@H]([C@H](C#N)N1[C@H]2CNC(=O)[C@H](C)NC(=O)Nc1ccccc1)N3C. The number of ether oxygens (including phenoxy) is 5. The quantitative estimate of drug-likeness (QED) is 0.145. The number of aryl methyl sites for hydroxylation is 1. The van der Waals surface area contributed by atoms with Crippen molar-refractivity contribution in [3.05, 3.63) is 108 Å². The van der Waals surface area contributed by atoms with Crippen molar-refractivity contribution < 1.29 is 33.3 Å². The van der Waals surface area contributed by atoms with Gasteiger partial charge in [0.25, 0.3) is 0 Å². The minimum atomic E-state index is -0.899. The molecule has 0 saturated carbocycles. The number of carbonyl (C=O) groups is 2. The second kappa shape index (κ2) is 18.1. The van der Waals surface area contributed by atoms with Gasteiger partial charge in [0.1, 0.15) is 37.7 Å². The van der Waals surface area contributed by atoms with Crippen molar-refractivity contribution in [2.24, 2.45) is 0 Å². The highest BCUT2D eigenvalue weighted by Gasteiger charge is 2.56. The number of piperazine rings is 1. The largest absolute Gasteiger partial charge is 0.493 e. The fourth-order valence-corrected chi connectivity index (χ4v) is 9.00. The Hall–Kier alpha value is -5.97. The van der Waals surface area contributed by atoms with Crippen molar-refractivity contribution in [1.29, 1.82) is 5.26 Å². The Kier molecular flexibility index (Phi) is 13.0. The summed E-state index contributed by atoms with van der Waals surface area (Å²) in [5.41, 5.74) is 5.99. The lowest BCUT2D eigenvalue weighted by Gasteiger charge is -2.60. The predicted octanol–water partition coefficient (Wildman–Crippen LogP) is 6.11. The van der Waals surface area contributed by atoms with Crippen molar-refractivity contribution in [3.63, 3.8) is 0 Å². The Morgan fingerprint density at radius 1 is 0.897 bits per heavy atom. The summed E-state index contributed by atoms with van der Waals surface area (Å²) < 4.78 is 31.4. The molecule has 3 aromatic rings. The van der Waals surface area contributed by atoms with E-state index < -0.39 is 30.1 Å². The van der Waals surface area contributed by atoms with Crippen LogP contribution in [0.5, 0.6) is 28.7 Å². The summed E-state index contributed by atoms with van der Waals surface area (Å²) in [6.07, 6.45) is 6.09. The van der Waals surface area contributed by atoms with Crippen LogP contribution in [-0.2, 0) is 17.6 Å². The van der Waals surface area contributed by atoms with E-state index in [2.05, 4.69) is 64.7 Å². The zero-order chi connectivity index (χ0) is 41.7. The smallest absolute Gasteiger partial charge is 0.319 e. The standard InChI is InChI=1S/C45H54N6O7/c1-10-18-56-40-27(5)41(55-9)43(58-20-12-3)37-31(40)23-33-38-36-29(21-26(4)39(54-8)42(36)57-19-11-2)22-32(50(38)7)34(24-46)51(33)35(37)25-47-44(52)28(6)48-45(53)49-30-16-14-13-15-17-30/h10-17,21,28,32-35,38H,1-3,18-20,22-23,25H2,4-9H3,(H,47,52)(H2,48,49,53)/t28-,32+,33?,34-,35-,38-/m0/s1. The number of anilines is 1. The molecule has 3 amide bonds. The third-order valence-corrected chi connectivity index (χ3v) is 11.3. The van der Waals surface area contributed by atoms with Gasteiger partial charge in [0.05, 0.1) is 32.4 Å². The lowest BCUT2D eigenvalue weighted by molar-refractivity contribution is -0.123. The van der Waals surface area contributed by atoms with E-state index in [1.54, 1.807) is 51.5 Å². The number of likely N-dealkylation sites (N-methyl/N-ethyl adjacent to an activating group) is 1. The van der Waals surface area contributed by atoms with E-state index in [0.717, 1.165) is 33.4 Å². The van der Waals surface area contributed by atoms with Crippen LogP contribution >= 0.6 is 0 Å². The zero-order valence-electron chi connectivity index (χ0n) is 34.2. The minimum absolute atomic E-state index is 0.0669. The predicted molar refractivity (Wildman–Crippen MR) is 223 cm³/mol. The van der Waals surface area contributed by atoms with E-state index in [1.807, 2.05) is 32.0 Å². The van der Waals surface area contributed by atoms with Crippen LogP contribution in [0.1, 0.15) is 52.4 Å².